The highest BCUT2D eigenvalue weighted by atomic mass is 16.5. The van der Waals surface area contributed by atoms with E-state index in [4.69, 9.17) is 10.5 Å². The van der Waals surface area contributed by atoms with Crippen LogP contribution in [-0.4, -0.2) is 66.5 Å². The standard InChI is InChI=1S/C37H46N4O3/c1-24(2)27-16-17-32(44-3)28(21-27)22-39-34-29-18-20-40(23-30(29)37(43)41-19-10-15-31(41)36(38)42)35(34)33(25-11-6-4-7-12-25)26-13-8-5-9-14-26/h4-9,11-14,16-17,21,24,29-31,33-35,39H,10,15,18-20,22-23H2,1-3H3,(H2,38,42)/t29-,30-,31?,34-,35-/m0/s1. The Morgan fingerprint density at radius 1 is 0.932 bits per heavy atom. The highest BCUT2D eigenvalue weighted by molar-refractivity contribution is 5.88. The van der Waals surface area contributed by atoms with Gasteiger partial charge in [0.05, 0.1) is 13.0 Å². The molecule has 0 radical (unpaired) electrons. The van der Waals surface area contributed by atoms with Crippen LogP contribution in [0.15, 0.2) is 78.9 Å². The molecule has 4 fully saturated rings. The number of benzene rings is 3. The zero-order valence-electron chi connectivity index (χ0n) is 26.2. The number of piperidine rings is 3. The van der Waals surface area contributed by atoms with E-state index < -0.39 is 11.9 Å². The molecule has 0 aromatic heterocycles. The molecule has 4 aliphatic rings. The van der Waals surface area contributed by atoms with Gasteiger partial charge in [0.2, 0.25) is 11.8 Å². The van der Waals surface area contributed by atoms with Crippen LogP contribution in [0.25, 0.3) is 0 Å². The molecule has 2 amide bonds. The van der Waals surface area contributed by atoms with Gasteiger partial charge in [0.25, 0.3) is 0 Å². The minimum Gasteiger partial charge on any atom is -0.496 e. The third kappa shape index (κ3) is 5.87. The van der Waals surface area contributed by atoms with Crippen LogP contribution in [0.3, 0.4) is 0 Å². The van der Waals surface area contributed by atoms with Crippen LogP contribution in [0.1, 0.15) is 67.2 Å². The Labute approximate surface area is 261 Å². The zero-order valence-corrected chi connectivity index (χ0v) is 26.2. The first-order valence-electron chi connectivity index (χ1n) is 16.2. The number of nitrogens with one attached hydrogen (secondary N) is 1. The monoisotopic (exact) mass is 594 g/mol. The summed E-state index contributed by atoms with van der Waals surface area (Å²) in [5, 5.41) is 4.01. The van der Waals surface area contributed by atoms with Crippen molar-refractivity contribution in [3.63, 3.8) is 0 Å². The number of likely N-dealkylation sites (tertiary alicyclic amines) is 1. The molecule has 44 heavy (non-hydrogen) atoms. The number of rotatable bonds is 10. The molecule has 2 unspecified atom stereocenters. The summed E-state index contributed by atoms with van der Waals surface area (Å²) in [6.45, 7) is 7.30. The Kier molecular flexibility index (Phi) is 9.06. The number of hydrogen-bond acceptors (Lipinski definition) is 5. The van der Waals surface area contributed by atoms with Crippen molar-refractivity contribution in [3.05, 3.63) is 101 Å². The maximum absolute atomic E-state index is 14.2. The molecule has 4 aliphatic heterocycles. The summed E-state index contributed by atoms with van der Waals surface area (Å²) in [5.41, 5.74) is 10.7. The highest BCUT2D eigenvalue weighted by Crippen LogP contribution is 2.45. The van der Waals surface area contributed by atoms with E-state index in [9.17, 15) is 9.59 Å². The van der Waals surface area contributed by atoms with Gasteiger partial charge >= 0.3 is 0 Å². The Morgan fingerprint density at radius 2 is 1.61 bits per heavy atom. The van der Waals surface area contributed by atoms with Crippen LogP contribution in [0.5, 0.6) is 5.75 Å². The quantitative estimate of drug-likeness (QED) is 0.349. The largest absolute Gasteiger partial charge is 0.496 e. The van der Waals surface area contributed by atoms with Gasteiger partial charge in [-0.05, 0) is 60.4 Å². The number of nitrogens with zero attached hydrogens (tertiary/aromatic N) is 2. The Morgan fingerprint density at radius 3 is 2.23 bits per heavy atom. The number of hydrogen-bond donors (Lipinski definition) is 2. The molecule has 3 aromatic rings. The van der Waals surface area contributed by atoms with Crippen LogP contribution in [0.4, 0.5) is 0 Å². The second kappa shape index (κ2) is 13.1. The molecule has 3 aromatic carbocycles. The fraction of sp³-hybridized carbons (Fsp3) is 0.459. The smallest absolute Gasteiger partial charge is 0.240 e. The number of ether oxygens (including phenoxy) is 1. The minimum atomic E-state index is -0.496. The van der Waals surface area contributed by atoms with Crippen LogP contribution in [0, 0.1) is 11.8 Å². The van der Waals surface area contributed by atoms with Gasteiger partial charge in [0.1, 0.15) is 11.8 Å². The van der Waals surface area contributed by atoms with Crippen molar-refractivity contribution < 1.29 is 14.3 Å². The topological polar surface area (TPSA) is 87.9 Å². The van der Waals surface area contributed by atoms with Gasteiger partial charge in [-0.25, -0.2) is 0 Å². The second-order valence-electron chi connectivity index (χ2n) is 13.1. The molecule has 3 N–H and O–H groups in total. The lowest BCUT2D eigenvalue weighted by atomic mass is 9.66. The summed E-state index contributed by atoms with van der Waals surface area (Å²) < 4.78 is 5.80. The molecular formula is C37H46N4O3. The Bertz CT molecular complexity index is 1410. The number of fused-ring (bicyclic) bond motifs is 3. The predicted octanol–water partition coefficient (Wildman–Crippen LogP) is 4.91. The summed E-state index contributed by atoms with van der Waals surface area (Å²) in [4.78, 5) is 30.8. The Balaban J connectivity index is 1.39. The molecule has 4 heterocycles. The normalized spacial score (nSPS) is 26.3. The summed E-state index contributed by atoms with van der Waals surface area (Å²) in [6.07, 6.45) is 2.41. The van der Waals surface area contributed by atoms with Crippen molar-refractivity contribution in [2.75, 3.05) is 26.7 Å². The number of carbonyl (C=O) groups is 2. The number of nitrogens with two attached hydrogens (primary N) is 1. The second-order valence-corrected chi connectivity index (χ2v) is 13.1. The fourth-order valence-corrected chi connectivity index (χ4v) is 8.10. The van der Waals surface area contributed by atoms with Gasteiger partial charge in [0, 0.05) is 43.2 Å². The van der Waals surface area contributed by atoms with Crippen LogP contribution in [-0.2, 0) is 16.1 Å². The fourth-order valence-electron chi connectivity index (χ4n) is 8.10. The van der Waals surface area contributed by atoms with Crippen molar-refractivity contribution in [2.45, 2.75) is 69.6 Å². The van der Waals surface area contributed by atoms with Gasteiger partial charge in [-0.3, -0.25) is 14.5 Å². The van der Waals surface area contributed by atoms with Crippen molar-refractivity contribution in [2.24, 2.45) is 17.6 Å². The van der Waals surface area contributed by atoms with E-state index in [1.54, 1.807) is 12.0 Å². The zero-order chi connectivity index (χ0) is 30.8. The van der Waals surface area contributed by atoms with E-state index in [0.29, 0.717) is 32.0 Å². The molecule has 2 bridgehead atoms. The lowest BCUT2D eigenvalue weighted by Gasteiger charge is -2.57. The number of carbonyl (C=O) groups excluding carboxylic acids is 2. The third-order valence-electron chi connectivity index (χ3n) is 10.3. The number of primary amides is 1. The maximum Gasteiger partial charge on any atom is 0.240 e. The molecule has 232 valence electrons. The molecule has 6 atom stereocenters. The molecule has 7 heteroatoms. The van der Waals surface area contributed by atoms with Crippen LogP contribution in [0.2, 0.25) is 0 Å². The highest BCUT2D eigenvalue weighted by Gasteiger charge is 2.53. The molecule has 0 spiro atoms. The van der Waals surface area contributed by atoms with E-state index >= 15 is 0 Å². The first-order valence-corrected chi connectivity index (χ1v) is 16.2. The van der Waals surface area contributed by atoms with Crippen molar-refractivity contribution >= 4 is 11.8 Å². The molecule has 7 rings (SSSR count). The molecule has 7 nitrogen and oxygen atoms in total. The Hall–Kier alpha value is -3.68. The van der Waals surface area contributed by atoms with E-state index in [-0.39, 0.29) is 35.7 Å². The molecule has 0 saturated carbocycles. The van der Waals surface area contributed by atoms with Gasteiger partial charge in [-0.15, -0.1) is 0 Å². The van der Waals surface area contributed by atoms with Gasteiger partial charge in [-0.2, -0.15) is 0 Å². The summed E-state index contributed by atoms with van der Waals surface area (Å²) in [6, 6.07) is 27.7. The van der Waals surface area contributed by atoms with E-state index in [2.05, 4.69) is 103 Å². The molecular weight excluding hydrogens is 548 g/mol. The van der Waals surface area contributed by atoms with E-state index in [0.717, 1.165) is 30.7 Å². The molecule has 4 saturated heterocycles. The predicted molar refractivity (Wildman–Crippen MR) is 173 cm³/mol. The van der Waals surface area contributed by atoms with Gasteiger partial charge < -0.3 is 20.7 Å². The van der Waals surface area contributed by atoms with Crippen LogP contribution >= 0.6 is 0 Å². The lowest BCUT2D eigenvalue weighted by molar-refractivity contribution is -0.149. The van der Waals surface area contributed by atoms with Crippen molar-refractivity contribution in [3.8, 4) is 5.75 Å². The number of amides is 2. The van der Waals surface area contributed by atoms with Crippen molar-refractivity contribution in [1.82, 2.24) is 15.1 Å². The SMILES string of the molecule is COc1ccc(C(C)C)cc1CN[C@H]1[C@H]2CCN(C[C@@H]2C(=O)N2CCCC2C(N)=O)[C@H]1C(c1ccccc1)c1ccccc1. The number of methoxy groups -OCH3 is 1. The average Bonchev–Trinajstić information content (AvgIpc) is 3.56. The van der Waals surface area contributed by atoms with Gasteiger partial charge in [-0.1, -0.05) is 86.6 Å². The summed E-state index contributed by atoms with van der Waals surface area (Å²) in [7, 11) is 1.73. The van der Waals surface area contributed by atoms with E-state index in [1.165, 1.54) is 16.7 Å². The first kappa shape index (κ1) is 30.4. The van der Waals surface area contributed by atoms with Crippen LogP contribution < -0.4 is 15.8 Å². The summed E-state index contributed by atoms with van der Waals surface area (Å²) in [5.74, 6) is 1.04. The first-order chi connectivity index (χ1) is 21.4. The average molecular weight is 595 g/mol. The van der Waals surface area contributed by atoms with E-state index in [1.807, 2.05) is 0 Å². The minimum absolute atomic E-state index is 0.0407. The third-order valence-corrected chi connectivity index (χ3v) is 10.3. The summed E-state index contributed by atoms with van der Waals surface area (Å²) >= 11 is 0. The molecule has 0 aliphatic carbocycles. The maximum atomic E-state index is 14.2. The lowest BCUT2D eigenvalue weighted by Crippen LogP contribution is -2.69. The van der Waals surface area contributed by atoms with Crippen molar-refractivity contribution in [1.29, 1.82) is 0 Å². The van der Waals surface area contributed by atoms with Gasteiger partial charge in [0.15, 0.2) is 0 Å².